The second-order valence-electron chi connectivity index (χ2n) is 7.47. The Balaban J connectivity index is 1.61. The van der Waals surface area contributed by atoms with Gasteiger partial charge >= 0.3 is 0 Å². The van der Waals surface area contributed by atoms with Gasteiger partial charge in [0, 0.05) is 53.5 Å². The number of aryl methyl sites for hydroxylation is 2. The Kier molecular flexibility index (Phi) is 4.92. The molecule has 0 spiro atoms. The highest BCUT2D eigenvalue weighted by Crippen LogP contribution is 2.40. The van der Waals surface area contributed by atoms with Crippen LogP contribution < -0.4 is 9.47 Å². The second kappa shape index (κ2) is 7.89. The van der Waals surface area contributed by atoms with Crippen molar-refractivity contribution in [1.29, 1.82) is 0 Å². The van der Waals surface area contributed by atoms with Crippen molar-refractivity contribution in [2.24, 2.45) is 0 Å². The lowest BCUT2D eigenvalue weighted by Crippen LogP contribution is -2.11. The first kappa shape index (κ1) is 19.3. The highest BCUT2D eigenvalue weighted by molar-refractivity contribution is 6.06. The number of fused-ring (bicyclic) bond motifs is 5. The topological polar surface area (TPSA) is 62.6 Å². The Bertz CT molecular complexity index is 1280. The Morgan fingerprint density at radius 3 is 2.68 bits per heavy atom. The van der Waals surface area contributed by atoms with Crippen LogP contribution in [0.5, 0.6) is 11.6 Å². The molecule has 3 heterocycles. The largest absolute Gasteiger partial charge is 0.497 e. The third kappa shape index (κ3) is 3.25. The summed E-state index contributed by atoms with van der Waals surface area (Å²) >= 11 is 0. The summed E-state index contributed by atoms with van der Waals surface area (Å²) in [5.74, 6) is 1.35. The maximum atomic E-state index is 12.1. The van der Waals surface area contributed by atoms with E-state index < -0.39 is 0 Å². The highest BCUT2D eigenvalue weighted by atomic mass is 16.7. The Morgan fingerprint density at radius 1 is 1.06 bits per heavy atom. The van der Waals surface area contributed by atoms with Gasteiger partial charge < -0.3 is 18.8 Å². The van der Waals surface area contributed by atoms with E-state index in [1.807, 2.05) is 30.3 Å². The molecule has 0 amide bonds. The van der Waals surface area contributed by atoms with Crippen LogP contribution in [0.15, 0.2) is 54.7 Å². The molecular formula is C25H22N2O4. The monoisotopic (exact) mass is 414 g/mol. The number of hydrogen-bond donors (Lipinski definition) is 0. The zero-order valence-electron chi connectivity index (χ0n) is 17.4. The number of carbonyl (C=O) groups is 1. The number of ether oxygens (including phenoxy) is 3. The summed E-state index contributed by atoms with van der Waals surface area (Å²) in [6.45, 7) is 0.974. The SMILES string of the molecule is COCOc1ccc(-c2ccc3c(C=O)c4n(c3c2)CCc2cc(OC)ccc2-4)cn1. The number of rotatable bonds is 6. The fourth-order valence-electron chi connectivity index (χ4n) is 4.32. The Morgan fingerprint density at radius 2 is 1.94 bits per heavy atom. The van der Waals surface area contributed by atoms with E-state index in [1.165, 1.54) is 5.56 Å². The van der Waals surface area contributed by atoms with Crippen LogP contribution in [-0.4, -0.2) is 36.8 Å². The quantitative estimate of drug-likeness (QED) is 0.337. The smallest absolute Gasteiger partial charge is 0.215 e. The number of hydrogen-bond acceptors (Lipinski definition) is 5. The number of nitrogens with zero attached hydrogens (tertiary/aromatic N) is 2. The third-order valence-corrected chi connectivity index (χ3v) is 5.79. The van der Waals surface area contributed by atoms with Gasteiger partial charge in [0.2, 0.25) is 5.88 Å². The van der Waals surface area contributed by atoms with Crippen LogP contribution in [0, 0.1) is 0 Å². The molecule has 0 bridgehead atoms. The van der Waals surface area contributed by atoms with Gasteiger partial charge in [0.15, 0.2) is 13.1 Å². The number of pyridine rings is 1. The molecular weight excluding hydrogens is 392 g/mol. The van der Waals surface area contributed by atoms with Crippen LogP contribution in [0.25, 0.3) is 33.3 Å². The van der Waals surface area contributed by atoms with E-state index in [9.17, 15) is 4.79 Å². The van der Waals surface area contributed by atoms with Crippen LogP contribution in [0.2, 0.25) is 0 Å². The molecule has 0 aliphatic carbocycles. The minimum Gasteiger partial charge on any atom is -0.497 e. The van der Waals surface area contributed by atoms with Crippen molar-refractivity contribution in [2.75, 3.05) is 21.0 Å². The molecule has 0 saturated heterocycles. The lowest BCUT2D eigenvalue weighted by atomic mass is 9.96. The van der Waals surface area contributed by atoms with Crippen molar-refractivity contribution in [3.8, 4) is 34.0 Å². The van der Waals surface area contributed by atoms with Crippen LogP contribution in [0.4, 0.5) is 0 Å². The first-order valence-electron chi connectivity index (χ1n) is 10.1. The van der Waals surface area contributed by atoms with E-state index in [0.29, 0.717) is 5.88 Å². The standard InChI is InChI=1S/C25H22N2O4/c1-29-15-31-24-8-4-18(13-26-24)16-3-6-21-22(14-28)25-20-7-5-19(30-2)11-17(20)9-10-27(25)23(21)12-16/h3-8,11-14H,9-10,15H2,1-2H3. The Hall–Kier alpha value is -3.64. The number of benzene rings is 2. The zero-order chi connectivity index (χ0) is 21.4. The van der Waals surface area contributed by atoms with Gasteiger partial charge in [0.05, 0.1) is 12.8 Å². The van der Waals surface area contributed by atoms with Gasteiger partial charge in [-0.25, -0.2) is 4.98 Å². The minimum absolute atomic E-state index is 0.163. The minimum atomic E-state index is 0.163. The van der Waals surface area contributed by atoms with Crippen molar-refractivity contribution in [2.45, 2.75) is 13.0 Å². The summed E-state index contributed by atoms with van der Waals surface area (Å²) in [5.41, 5.74) is 7.08. The van der Waals surface area contributed by atoms with Crippen LogP contribution >= 0.6 is 0 Å². The lowest BCUT2D eigenvalue weighted by Gasteiger charge is -2.21. The molecule has 6 heteroatoms. The molecule has 0 fully saturated rings. The molecule has 2 aromatic heterocycles. The molecule has 31 heavy (non-hydrogen) atoms. The summed E-state index contributed by atoms with van der Waals surface area (Å²) in [4.78, 5) is 16.4. The van der Waals surface area contributed by atoms with Crippen molar-refractivity contribution in [1.82, 2.24) is 9.55 Å². The molecule has 0 saturated carbocycles. The van der Waals surface area contributed by atoms with Crippen molar-refractivity contribution >= 4 is 17.2 Å². The average molecular weight is 414 g/mol. The van der Waals surface area contributed by atoms with Crippen molar-refractivity contribution in [3.63, 3.8) is 0 Å². The second-order valence-corrected chi connectivity index (χ2v) is 7.47. The lowest BCUT2D eigenvalue weighted by molar-refractivity contribution is 0.0478. The number of methoxy groups -OCH3 is 2. The number of aromatic nitrogens is 2. The molecule has 1 aliphatic rings. The molecule has 2 aromatic carbocycles. The predicted octanol–water partition coefficient (Wildman–Crippen LogP) is 4.73. The molecule has 0 atom stereocenters. The van der Waals surface area contributed by atoms with Crippen molar-refractivity contribution in [3.05, 3.63) is 65.9 Å². The van der Waals surface area contributed by atoms with E-state index in [1.54, 1.807) is 20.4 Å². The van der Waals surface area contributed by atoms with Gasteiger partial charge in [-0.1, -0.05) is 12.1 Å². The molecule has 1 aliphatic heterocycles. The van der Waals surface area contributed by atoms with Crippen LogP contribution in [0.3, 0.4) is 0 Å². The normalized spacial score (nSPS) is 12.3. The maximum Gasteiger partial charge on any atom is 0.215 e. The van der Waals surface area contributed by atoms with Gasteiger partial charge in [0.25, 0.3) is 0 Å². The molecule has 0 N–H and O–H groups in total. The Labute approximate surface area is 180 Å². The van der Waals surface area contributed by atoms with E-state index in [0.717, 1.165) is 63.9 Å². The number of aldehydes is 1. The summed E-state index contributed by atoms with van der Waals surface area (Å²) in [6, 6.07) is 16.1. The molecule has 5 rings (SSSR count). The third-order valence-electron chi connectivity index (χ3n) is 5.79. The van der Waals surface area contributed by atoms with E-state index in [4.69, 9.17) is 14.2 Å². The van der Waals surface area contributed by atoms with Gasteiger partial charge in [-0.15, -0.1) is 0 Å². The zero-order valence-corrected chi connectivity index (χ0v) is 17.4. The molecule has 0 radical (unpaired) electrons. The van der Waals surface area contributed by atoms with Gasteiger partial charge in [-0.05, 0) is 47.9 Å². The molecule has 4 aromatic rings. The maximum absolute atomic E-state index is 12.1. The fraction of sp³-hybridized carbons (Fsp3) is 0.200. The van der Waals surface area contributed by atoms with Crippen LogP contribution in [0.1, 0.15) is 15.9 Å². The number of carbonyl (C=O) groups excluding carboxylic acids is 1. The molecule has 156 valence electrons. The van der Waals surface area contributed by atoms with E-state index in [2.05, 4.69) is 27.8 Å². The average Bonchev–Trinajstić information content (AvgIpc) is 3.15. The van der Waals surface area contributed by atoms with Gasteiger partial charge in [-0.3, -0.25) is 4.79 Å². The van der Waals surface area contributed by atoms with E-state index in [-0.39, 0.29) is 6.79 Å². The summed E-state index contributed by atoms with van der Waals surface area (Å²) in [7, 11) is 3.25. The van der Waals surface area contributed by atoms with Gasteiger partial charge in [-0.2, -0.15) is 0 Å². The summed E-state index contributed by atoms with van der Waals surface area (Å²) in [6.07, 6.45) is 3.64. The first-order valence-corrected chi connectivity index (χ1v) is 10.1. The predicted molar refractivity (Wildman–Crippen MR) is 119 cm³/mol. The van der Waals surface area contributed by atoms with Crippen LogP contribution in [-0.2, 0) is 17.7 Å². The van der Waals surface area contributed by atoms with Crippen molar-refractivity contribution < 1.29 is 19.0 Å². The summed E-state index contributed by atoms with van der Waals surface area (Å²) < 4.78 is 17.9. The fourth-order valence-corrected chi connectivity index (χ4v) is 4.32. The van der Waals surface area contributed by atoms with E-state index >= 15 is 0 Å². The molecule has 0 unspecified atom stereocenters. The highest BCUT2D eigenvalue weighted by Gasteiger charge is 2.24. The summed E-state index contributed by atoms with van der Waals surface area (Å²) in [5, 5.41) is 0.963. The first-order chi connectivity index (χ1) is 15.2. The molecule has 6 nitrogen and oxygen atoms in total. The van der Waals surface area contributed by atoms with Gasteiger partial charge in [0.1, 0.15) is 5.75 Å².